The van der Waals surface area contributed by atoms with Crippen LogP contribution in [-0.2, 0) is 10.0 Å². The minimum atomic E-state index is -3.75. The Morgan fingerprint density at radius 3 is 2.36 bits per heavy atom. The standard InChI is InChI=1S/C24H24N4O4S/c1-4-31-22-12-11-21(15-17(22)2)33(29,30)27-19-7-9-20(10-8-19)32-24-16-23(25-18(3)26-24)28-13-5-6-14-28/h5-16,27H,4H2,1-3H3. The van der Waals surface area contributed by atoms with E-state index in [4.69, 9.17) is 9.47 Å². The summed E-state index contributed by atoms with van der Waals surface area (Å²) in [5, 5.41) is 0. The van der Waals surface area contributed by atoms with Gasteiger partial charge in [0.15, 0.2) is 0 Å². The zero-order valence-corrected chi connectivity index (χ0v) is 19.3. The number of sulfonamides is 1. The molecule has 2 aromatic carbocycles. The Bertz CT molecular complexity index is 1350. The minimum absolute atomic E-state index is 0.165. The number of benzene rings is 2. The molecular weight excluding hydrogens is 440 g/mol. The second-order valence-electron chi connectivity index (χ2n) is 7.29. The van der Waals surface area contributed by atoms with Crippen molar-refractivity contribution in [1.29, 1.82) is 0 Å². The van der Waals surface area contributed by atoms with Crippen LogP contribution in [-0.4, -0.2) is 29.6 Å². The molecule has 1 N–H and O–H groups in total. The van der Waals surface area contributed by atoms with Gasteiger partial charge < -0.3 is 14.0 Å². The summed E-state index contributed by atoms with van der Waals surface area (Å²) in [5.41, 5.74) is 1.17. The van der Waals surface area contributed by atoms with Crippen molar-refractivity contribution in [3.63, 3.8) is 0 Å². The van der Waals surface area contributed by atoms with Crippen molar-refractivity contribution in [2.75, 3.05) is 11.3 Å². The Hall–Kier alpha value is -3.85. The summed E-state index contributed by atoms with van der Waals surface area (Å²) in [4.78, 5) is 8.90. The number of ether oxygens (including phenoxy) is 2. The molecule has 4 aromatic rings. The second kappa shape index (κ2) is 9.33. The van der Waals surface area contributed by atoms with Crippen LogP contribution in [0.5, 0.6) is 17.4 Å². The van der Waals surface area contributed by atoms with Crippen LogP contribution in [0.2, 0.25) is 0 Å². The lowest BCUT2D eigenvalue weighted by molar-refractivity contribution is 0.337. The molecule has 0 aliphatic carbocycles. The number of nitrogens with one attached hydrogen (secondary N) is 1. The maximum absolute atomic E-state index is 12.8. The minimum Gasteiger partial charge on any atom is -0.494 e. The van der Waals surface area contributed by atoms with E-state index in [1.807, 2.05) is 42.9 Å². The first-order chi connectivity index (χ1) is 15.8. The summed E-state index contributed by atoms with van der Waals surface area (Å²) in [6, 6.07) is 16.9. The summed E-state index contributed by atoms with van der Waals surface area (Å²) >= 11 is 0. The average molecular weight is 465 g/mol. The fourth-order valence-corrected chi connectivity index (χ4v) is 4.37. The molecule has 0 bridgehead atoms. The monoisotopic (exact) mass is 464 g/mol. The molecule has 4 rings (SSSR count). The fraction of sp³-hybridized carbons (Fsp3) is 0.167. The third kappa shape index (κ3) is 5.32. The van der Waals surface area contributed by atoms with Gasteiger partial charge in [-0.15, -0.1) is 0 Å². The van der Waals surface area contributed by atoms with Gasteiger partial charge in [-0.2, -0.15) is 4.98 Å². The highest BCUT2D eigenvalue weighted by molar-refractivity contribution is 7.92. The SMILES string of the molecule is CCOc1ccc(S(=O)(=O)Nc2ccc(Oc3cc(-n4cccc4)nc(C)n3)cc2)cc1C. The van der Waals surface area contributed by atoms with Crippen molar-refractivity contribution in [1.82, 2.24) is 14.5 Å². The summed E-state index contributed by atoms with van der Waals surface area (Å²) in [6.07, 6.45) is 3.77. The zero-order valence-electron chi connectivity index (χ0n) is 18.5. The number of anilines is 1. The van der Waals surface area contributed by atoms with Gasteiger partial charge >= 0.3 is 0 Å². The smallest absolute Gasteiger partial charge is 0.261 e. The first-order valence-electron chi connectivity index (χ1n) is 10.4. The third-order valence-corrected chi connectivity index (χ3v) is 6.13. The topological polar surface area (TPSA) is 95.3 Å². The lowest BCUT2D eigenvalue weighted by Gasteiger charge is -2.12. The quantitative estimate of drug-likeness (QED) is 0.399. The fourth-order valence-electron chi connectivity index (χ4n) is 3.23. The van der Waals surface area contributed by atoms with Gasteiger partial charge in [0.25, 0.3) is 10.0 Å². The van der Waals surface area contributed by atoms with Crippen LogP contribution >= 0.6 is 0 Å². The molecule has 0 fully saturated rings. The van der Waals surface area contributed by atoms with Crippen LogP contribution in [0, 0.1) is 13.8 Å². The Balaban J connectivity index is 1.48. The highest BCUT2D eigenvalue weighted by Crippen LogP contribution is 2.26. The van der Waals surface area contributed by atoms with E-state index < -0.39 is 10.0 Å². The van der Waals surface area contributed by atoms with E-state index in [1.54, 1.807) is 49.4 Å². The van der Waals surface area contributed by atoms with Gasteiger partial charge in [0, 0.05) is 24.1 Å². The van der Waals surface area contributed by atoms with Crippen LogP contribution in [0.15, 0.2) is 78.0 Å². The maximum Gasteiger partial charge on any atom is 0.261 e. The van der Waals surface area contributed by atoms with Gasteiger partial charge in [0.2, 0.25) is 5.88 Å². The van der Waals surface area contributed by atoms with Gasteiger partial charge in [-0.05, 0) is 80.9 Å². The maximum atomic E-state index is 12.8. The van der Waals surface area contributed by atoms with E-state index in [9.17, 15) is 8.42 Å². The second-order valence-corrected chi connectivity index (χ2v) is 8.98. The first-order valence-corrected chi connectivity index (χ1v) is 11.9. The molecule has 8 nitrogen and oxygen atoms in total. The summed E-state index contributed by atoms with van der Waals surface area (Å²) in [6.45, 7) is 6.00. The van der Waals surface area contributed by atoms with Crippen molar-refractivity contribution in [2.45, 2.75) is 25.7 Å². The predicted molar refractivity (Wildman–Crippen MR) is 126 cm³/mol. The van der Waals surface area contributed by atoms with E-state index in [1.165, 1.54) is 6.07 Å². The molecule has 33 heavy (non-hydrogen) atoms. The number of aromatic nitrogens is 3. The highest BCUT2D eigenvalue weighted by Gasteiger charge is 2.16. The molecule has 0 aliphatic rings. The number of hydrogen-bond acceptors (Lipinski definition) is 6. The zero-order chi connectivity index (χ0) is 23.4. The number of nitrogens with zero attached hydrogens (tertiary/aromatic N) is 3. The first kappa shape index (κ1) is 22.3. The van der Waals surface area contributed by atoms with E-state index in [-0.39, 0.29) is 4.90 Å². The molecule has 0 saturated heterocycles. The predicted octanol–water partition coefficient (Wildman–Crippen LogP) is 4.88. The molecule has 170 valence electrons. The van der Waals surface area contributed by atoms with Crippen LogP contribution in [0.3, 0.4) is 0 Å². The summed E-state index contributed by atoms with van der Waals surface area (Å²) in [7, 11) is -3.75. The molecule has 0 unspecified atom stereocenters. The normalized spacial score (nSPS) is 11.2. The molecule has 0 radical (unpaired) electrons. The number of hydrogen-bond donors (Lipinski definition) is 1. The Morgan fingerprint density at radius 1 is 0.970 bits per heavy atom. The summed E-state index contributed by atoms with van der Waals surface area (Å²) in [5.74, 6) is 2.84. The molecular formula is C24H24N4O4S. The Kier molecular flexibility index (Phi) is 6.32. The van der Waals surface area contributed by atoms with E-state index in [2.05, 4.69) is 14.7 Å². The summed E-state index contributed by atoms with van der Waals surface area (Å²) < 4.78 is 41.4. The molecule has 0 saturated carbocycles. The Labute approximate surface area is 192 Å². The molecule has 0 spiro atoms. The largest absolute Gasteiger partial charge is 0.494 e. The molecule has 9 heteroatoms. The van der Waals surface area contributed by atoms with E-state index >= 15 is 0 Å². The molecule has 2 heterocycles. The van der Waals surface area contributed by atoms with Gasteiger partial charge in [-0.25, -0.2) is 13.4 Å². The molecule has 0 amide bonds. The van der Waals surface area contributed by atoms with Crippen LogP contribution < -0.4 is 14.2 Å². The van der Waals surface area contributed by atoms with Gasteiger partial charge in [-0.1, -0.05) is 0 Å². The number of aryl methyl sites for hydroxylation is 2. The van der Waals surface area contributed by atoms with Crippen LogP contribution in [0.4, 0.5) is 5.69 Å². The van der Waals surface area contributed by atoms with Crippen molar-refractivity contribution in [3.8, 4) is 23.2 Å². The van der Waals surface area contributed by atoms with Crippen molar-refractivity contribution in [2.24, 2.45) is 0 Å². The van der Waals surface area contributed by atoms with Gasteiger partial charge in [0.1, 0.15) is 23.1 Å². The van der Waals surface area contributed by atoms with Crippen LogP contribution in [0.25, 0.3) is 5.82 Å². The van der Waals surface area contributed by atoms with E-state index in [0.29, 0.717) is 41.3 Å². The average Bonchev–Trinajstić information content (AvgIpc) is 3.31. The molecule has 0 aliphatic heterocycles. The lowest BCUT2D eigenvalue weighted by Crippen LogP contribution is -2.13. The van der Waals surface area contributed by atoms with Crippen molar-refractivity contribution in [3.05, 3.63) is 84.4 Å². The van der Waals surface area contributed by atoms with E-state index in [0.717, 1.165) is 5.56 Å². The molecule has 0 atom stereocenters. The van der Waals surface area contributed by atoms with Gasteiger partial charge in [0.05, 0.1) is 11.5 Å². The van der Waals surface area contributed by atoms with Crippen LogP contribution in [0.1, 0.15) is 18.3 Å². The number of rotatable bonds is 8. The van der Waals surface area contributed by atoms with Crippen molar-refractivity contribution >= 4 is 15.7 Å². The Morgan fingerprint density at radius 2 is 1.70 bits per heavy atom. The third-order valence-electron chi connectivity index (χ3n) is 4.76. The highest BCUT2D eigenvalue weighted by atomic mass is 32.2. The van der Waals surface area contributed by atoms with Gasteiger partial charge in [-0.3, -0.25) is 4.72 Å². The molecule has 2 aromatic heterocycles. The van der Waals surface area contributed by atoms with Crippen molar-refractivity contribution < 1.29 is 17.9 Å². The lowest BCUT2D eigenvalue weighted by atomic mass is 10.2.